The zero-order chi connectivity index (χ0) is 11.4. The van der Waals surface area contributed by atoms with Crippen LogP contribution in [-0.4, -0.2) is 34.3 Å². The van der Waals surface area contributed by atoms with Crippen molar-refractivity contribution in [3.63, 3.8) is 0 Å². The Balaban J connectivity index is 2.07. The third-order valence-electron chi connectivity index (χ3n) is 2.63. The molecule has 7 nitrogen and oxygen atoms in total. The molecule has 0 spiro atoms. The lowest BCUT2D eigenvalue weighted by Crippen LogP contribution is -2.31. The summed E-state index contributed by atoms with van der Waals surface area (Å²) in [6, 6.07) is 0.231. The first-order chi connectivity index (χ1) is 7.75. The van der Waals surface area contributed by atoms with Gasteiger partial charge in [-0.25, -0.2) is 9.89 Å². The first-order valence-electron chi connectivity index (χ1n) is 5.42. The van der Waals surface area contributed by atoms with Gasteiger partial charge in [-0.3, -0.25) is 9.78 Å². The second kappa shape index (κ2) is 4.93. The van der Waals surface area contributed by atoms with Crippen LogP contribution in [0.1, 0.15) is 19.3 Å². The molecule has 0 aliphatic carbocycles. The Morgan fingerprint density at radius 3 is 2.94 bits per heavy atom. The summed E-state index contributed by atoms with van der Waals surface area (Å²) in [5.74, 6) is 0.187. The van der Waals surface area contributed by atoms with Gasteiger partial charge in [0.1, 0.15) is 0 Å². The molecule has 1 aliphatic rings. The van der Waals surface area contributed by atoms with Crippen molar-refractivity contribution in [3.05, 3.63) is 20.8 Å². The number of rotatable bonds is 2. The van der Waals surface area contributed by atoms with Crippen LogP contribution in [-0.2, 0) is 0 Å². The third-order valence-corrected chi connectivity index (χ3v) is 2.63. The highest BCUT2D eigenvalue weighted by Crippen LogP contribution is 2.08. The summed E-state index contributed by atoms with van der Waals surface area (Å²) in [5.41, 5.74) is -1.06. The predicted octanol–water partition coefficient (Wildman–Crippen LogP) is -0.988. The molecule has 88 valence electrons. The fourth-order valence-corrected chi connectivity index (χ4v) is 1.80. The van der Waals surface area contributed by atoms with E-state index in [1.807, 2.05) is 0 Å². The summed E-state index contributed by atoms with van der Waals surface area (Å²) in [5, 5.41) is 12.2. The van der Waals surface area contributed by atoms with Crippen LogP contribution >= 0.6 is 0 Å². The second-order valence-corrected chi connectivity index (χ2v) is 3.88. The van der Waals surface area contributed by atoms with E-state index in [9.17, 15) is 9.59 Å². The number of aromatic amines is 2. The Morgan fingerprint density at radius 2 is 2.12 bits per heavy atom. The van der Waals surface area contributed by atoms with Crippen LogP contribution in [0.4, 0.5) is 5.82 Å². The molecule has 1 atom stereocenters. The predicted molar refractivity (Wildman–Crippen MR) is 59.6 cm³/mol. The average Bonchev–Trinajstić information content (AvgIpc) is 2.51. The molecule has 0 saturated carbocycles. The molecule has 1 aromatic rings. The standard InChI is InChI=1S/C9H15N5O2/c15-8-7(13-14-9(16)12-8)11-6-2-1-4-10-5-3-6/h6,10H,1-5H2,(H,11,13)(H2,12,14,15,16). The van der Waals surface area contributed by atoms with E-state index in [0.29, 0.717) is 0 Å². The van der Waals surface area contributed by atoms with Crippen molar-refractivity contribution in [3.8, 4) is 0 Å². The number of aromatic nitrogens is 3. The Bertz CT molecular complexity index is 444. The fraction of sp³-hybridized carbons (Fsp3) is 0.667. The molecule has 2 heterocycles. The van der Waals surface area contributed by atoms with E-state index in [1.165, 1.54) is 0 Å². The minimum absolute atomic E-state index is 0.187. The lowest BCUT2D eigenvalue weighted by atomic mass is 10.1. The SMILES string of the molecule is O=c1[nH]nc(NC2CCCNCC2)c(=O)[nH]1. The molecule has 2 rings (SSSR count). The summed E-state index contributed by atoms with van der Waals surface area (Å²) < 4.78 is 0. The quantitative estimate of drug-likeness (QED) is 0.517. The zero-order valence-corrected chi connectivity index (χ0v) is 8.88. The van der Waals surface area contributed by atoms with Crippen LogP contribution < -0.4 is 21.9 Å². The van der Waals surface area contributed by atoms with Crippen LogP contribution in [0.25, 0.3) is 0 Å². The van der Waals surface area contributed by atoms with Crippen molar-refractivity contribution in [1.29, 1.82) is 0 Å². The highest BCUT2D eigenvalue weighted by Gasteiger charge is 2.13. The topological polar surface area (TPSA) is 103 Å². The van der Waals surface area contributed by atoms with Gasteiger partial charge < -0.3 is 10.6 Å². The van der Waals surface area contributed by atoms with Gasteiger partial charge in [0.05, 0.1) is 0 Å². The lowest BCUT2D eigenvalue weighted by Gasteiger charge is -2.14. The maximum atomic E-state index is 11.4. The number of anilines is 1. The minimum atomic E-state index is -0.585. The van der Waals surface area contributed by atoms with E-state index in [0.717, 1.165) is 32.4 Å². The highest BCUT2D eigenvalue weighted by molar-refractivity contribution is 5.30. The highest BCUT2D eigenvalue weighted by atomic mass is 16.2. The molecule has 1 fully saturated rings. The van der Waals surface area contributed by atoms with E-state index in [4.69, 9.17) is 0 Å². The van der Waals surface area contributed by atoms with Crippen LogP contribution in [0.5, 0.6) is 0 Å². The van der Waals surface area contributed by atoms with Gasteiger partial charge in [-0.2, -0.15) is 0 Å². The summed E-state index contributed by atoms with van der Waals surface area (Å²) in [7, 11) is 0. The van der Waals surface area contributed by atoms with Gasteiger partial charge in [0.2, 0.25) is 5.82 Å². The van der Waals surface area contributed by atoms with Gasteiger partial charge in [-0.15, -0.1) is 5.10 Å². The average molecular weight is 225 g/mol. The van der Waals surface area contributed by atoms with Crippen LogP contribution in [0, 0.1) is 0 Å². The number of nitrogens with one attached hydrogen (secondary N) is 4. The molecule has 1 aliphatic heterocycles. The Morgan fingerprint density at radius 1 is 1.25 bits per heavy atom. The largest absolute Gasteiger partial charge is 0.361 e. The Hall–Kier alpha value is -1.63. The summed E-state index contributed by atoms with van der Waals surface area (Å²) in [6.45, 7) is 1.94. The monoisotopic (exact) mass is 225 g/mol. The number of hydrogen-bond donors (Lipinski definition) is 4. The summed E-state index contributed by atoms with van der Waals surface area (Å²) >= 11 is 0. The first kappa shape index (κ1) is 10.9. The fourth-order valence-electron chi connectivity index (χ4n) is 1.80. The van der Waals surface area contributed by atoms with Crippen molar-refractivity contribution in [2.45, 2.75) is 25.3 Å². The van der Waals surface area contributed by atoms with E-state index in [1.54, 1.807) is 0 Å². The lowest BCUT2D eigenvalue weighted by molar-refractivity contribution is 0.630. The molecular formula is C9H15N5O2. The van der Waals surface area contributed by atoms with Gasteiger partial charge in [0.15, 0.2) is 0 Å². The van der Waals surface area contributed by atoms with Crippen molar-refractivity contribution in [2.75, 3.05) is 18.4 Å². The van der Waals surface area contributed by atoms with E-state index in [-0.39, 0.29) is 11.9 Å². The molecule has 16 heavy (non-hydrogen) atoms. The normalized spacial score (nSPS) is 21.4. The summed E-state index contributed by atoms with van der Waals surface area (Å²) in [4.78, 5) is 24.3. The van der Waals surface area contributed by atoms with Crippen LogP contribution in [0.3, 0.4) is 0 Å². The molecule has 1 saturated heterocycles. The minimum Gasteiger partial charge on any atom is -0.361 e. The number of H-pyrrole nitrogens is 2. The molecule has 0 bridgehead atoms. The van der Waals surface area contributed by atoms with Gasteiger partial charge in [-0.05, 0) is 32.4 Å². The molecule has 0 radical (unpaired) electrons. The van der Waals surface area contributed by atoms with Crippen molar-refractivity contribution in [2.24, 2.45) is 0 Å². The van der Waals surface area contributed by atoms with Crippen LogP contribution in [0.2, 0.25) is 0 Å². The molecule has 4 N–H and O–H groups in total. The smallest absolute Gasteiger partial charge is 0.342 e. The zero-order valence-electron chi connectivity index (χ0n) is 8.88. The summed E-state index contributed by atoms with van der Waals surface area (Å²) in [6.07, 6.45) is 3.01. The van der Waals surface area contributed by atoms with E-state index < -0.39 is 11.2 Å². The van der Waals surface area contributed by atoms with Gasteiger partial charge >= 0.3 is 5.69 Å². The van der Waals surface area contributed by atoms with Crippen molar-refractivity contribution >= 4 is 5.82 Å². The Labute approximate surface area is 91.7 Å². The van der Waals surface area contributed by atoms with Gasteiger partial charge in [0.25, 0.3) is 5.56 Å². The third kappa shape index (κ3) is 2.69. The van der Waals surface area contributed by atoms with Crippen molar-refractivity contribution < 1.29 is 0 Å². The molecule has 0 amide bonds. The molecule has 1 unspecified atom stereocenters. The first-order valence-corrected chi connectivity index (χ1v) is 5.42. The van der Waals surface area contributed by atoms with Gasteiger partial charge in [-0.1, -0.05) is 0 Å². The second-order valence-electron chi connectivity index (χ2n) is 3.88. The molecule has 7 heteroatoms. The van der Waals surface area contributed by atoms with Crippen molar-refractivity contribution in [1.82, 2.24) is 20.5 Å². The maximum absolute atomic E-state index is 11.4. The van der Waals surface area contributed by atoms with Crippen LogP contribution in [0.15, 0.2) is 9.59 Å². The molecule has 0 aromatic carbocycles. The molecule has 1 aromatic heterocycles. The van der Waals surface area contributed by atoms with E-state index in [2.05, 4.69) is 25.8 Å². The molecular weight excluding hydrogens is 210 g/mol. The van der Waals surface area contributed by atoms with E-state index >= 15 is 0 Å². The Kier molecular flexibility index (Phi) is 3.35. The number of hydrogen-bond acceptors (Lipinski definition) is 5. The van der Waals surface area contributed by atoms with Gasteiger partial charge in [0, 0.05) is 6.04 Å². The number of nitrogens with zero attached hydrogens (tertiary/aromatic N) is 1. The maximum Gasteiger partial charge on any atom is 0.342 e.